The summed E-state index contributed by atoms with van der Waals surface area (Å²) in [5, 5.41) is 0.935. The fourth-order valence-corrected chi connectivity index (χ4v) is 2.67. The number of likely N-dealkylation sites (N-methyl/N-ethyl adjacent to an activating group) is 1. The van der Waals surface area contributed by atoms with Crippen molar-refractivity contribution in [1.29, 1.82) is 0 Å². The van der Waals surface area contributed by atoms with E-state index in [9.17, 15) is 0 Å². The fourth-order valence-electron chi connectivity index (χ4n) is 2.00. The molecule has 1 aromatic carbocycles. The van der Waals surface area contributed by atoms with E-state index < -0.39 is 0 Å². The highest BCUT2D eigenvalue weighted by molar-refractivity contribution is 7.09. The minimum Gasteiger partial charge on any atom is -0.350 e. The fraction of sp³-hybridized carbons (Fsp3) is 0.188. The average molecular weight is 296 g/mol. The molecule has 0 aliphatic rings. The first-order valence-electron chi connectivity index (χ1n) is 6.83. The number of aromatic nitrogens is 3. The molecule has 4 nitrogen and oxygen atoms in total. The van der Waals surface area contributed by atoms with E-state index in [2.05, 4.69) is 19.2 Å². The average Bonchev–Trinajstić information content (AvgIpc) is 3.04. The smallest absolute Gasteiger partial charge is 0.205 e. The third-order valence-corrected chi connectivity index (χ3v) is 4.03. The van der Waals surface area contributed by atoms with Gasteiger partial charge in [-0.3, -0.25) is 4.98 Å². The Morgan fingerprint density at radius 1 is 1.05 bits per heavy atom. The van der Waals surface area contributed by atoms with Gasteiger partial charge >= 0.3 is 0 Å². The lowest BCUT2D eigenvalue weighted by molar-refractivity contribution is 0.849. The van der Waals surface area contributed by atoms with Gasteiger partial charge in [-0.15, -0.1) is 0 Å². The van der Waals surface area contributed by atoms with Gasteiger partial charge in [0.2, 0.25) is 5.13 Å². The molecular weight excluding hydrogens is 280 g/mol. The molecule has 0 atom stereocenters. The van der Waals surface area contributed by atoms with Gasteiger partial charge < -0.3 is 4.90 Å². The van der Waals surface area contributed by atoms with E-state index in [1.54, 1.807) is 0 Å². The van der Waals surface area contributed by atoms with Gasteiger partial charge in [0.1, 0.15) is 0 Å². The highest BCUT2D eigenvalue weighted by Gasteiger charge is 2.10. The molecule has 2 aromatic heterocycles. The summed E-state index contributed by atoms with van der Waals surface area (Å²) < 4.78 is 4.44. The summed E-state index contributed by atoms with van der Waals surface area (Å²) in [6.07, 6.45) is 2.73. The summed E-state index contributed by atoms with van der Waals surface area (Å²) in [6.45, 7) is 0.875. The predicted molar refractivity (Wildman–Crippen MR) is 86.6 cm³/mol. The zero-order chi connectivity index (χ0) is 14.5. The molecule has 2 heterocycles. The van der Waals surface area contributed by atoms with Gasteiger partial charge in [-0.25, -0.2) is 0 Å². The van der Waals surface area contributed by atoms with E-state index in [1.165, 1.54) is 11.5 Å². The van der Waals surface area contributed by atoms with Crippen LogP contribution in [0.15, 0.2) is 54.7 Å². The lowest BCUT2D eigenvalue weighted by Gasteiger charge is -2.14. The van der Waals surface area contributed by atoms with E-state index in [0.29, 0.717) is 0 Å². The van der Waals surface area contributed by atoms with Gasteiger partial charge in [0.05, 0.1) is 0 Å². The van der Waals surface area contributed by atoms with Gasteiger partial charge in [-0.1, -0.05) is 36.4 Å². The highest BCUT2D eigenvalue weighted by atomic mass is 32.1. The Morgan fingerprint density at radius 2 is 1.86 bits per heavy atom. The lowest BCUT2D eigenvalue weighted by Crippen LogP contribution is -2.20. The van der Waals surface area contributed by atoms with Crippen LogP contribution in [0.2, 0.25) is 0 Å². The molecule has 0 aliphatic carbocycles. The normalized spacial score (nSPS) is 10.5. The molecule has 3 aromatic rings. The monoisotopic (exact) mass is 296 g/mol. The number of benzene rings is 1. The van der Waals surface area contributed by atoms with Crippen molar-refractivity contribution in [3.8, 4) is 11.4 Å². The van der Waals surface area contributed by atoms with E-state index in [-0.39, 0.29) is 0 Å². The number of hydrogen-bond acceptors (Lipinski definition) is 5. The van der Waals surface area contributed by atoms with Crippen molar-refractivity contribution in [1.82, 2.24) is 14.3 Å². The van der Waals surface area contributed by atoms with Crippen molar-refractivity contribution < 1.29 is 0 Å². The summed E-state index contributed by atoms with van der Waals surface area (Å²) in [6, 6.07) is 16.0. The van der Waals surface area contributed by atoms with Crippen LogP contribution in [0, 0.1) is 0 Å². The summed E-state index contributed by atoms with van der Waals surface area (Å²) in [5.74, 6) is 0.792. The summed E-state index contributed by atoms with van der Waals surface area (Å²) in [5.41, 5.74) is 2.15. The second-order valence-corrected chi connectivity index (χ2v) is 5.49. The van der Waals surface area contributed by atoms with Crippen LogP contribution >= 0.6 is 11.5 Å². The molecule has 0 fully saturated rings. The number of hydrogen-bond donors (Lipinski definition) is 0. The maximum atomic E-state index is 4.61. The second kappa shape index (κ2) is 6.45. The van der Waals surface area contributed by atoms with Crippen LogP contribution < -0.4 is 4.90 Å². The molecule has 0 spiro atoms. The maximum absolute atomic E-state index is 4.61. The lowest BCUT2D eigenvalue weighted by atomic mass is 10.2. The molecule has 0 radical (unpaired) electrons. The molecule has 21 heavy (non-hydrogen) atoms. The minimum atomic E-state index is 0.792. The van der Waals surface area contributed by atoms with Crippen molar-refractivity contribution >= 4 is 16.7 Å². The molecule has 0 N–H and O–H groups in total. The summed E-state index contributed by atoms with van der Waals surface area (Å²) in [4.78, 5) is 11.1. The standard InChI is InChI=1S/C16H16N4S/c1-20(12-10-14-9-5-6-11-17-14)16-18-15(19-21-16)13-7-3-2-4-8-13/h2-9,11H,10,12H2,1H3. The van der Waals surface area contributed by atoms with Crippen molar-refractivity contribution in [2.75, 3.05) is 18.5 Å². The van der Waals surface area contributed by atoms with Crippen LogP contribution in [0.4, 0.5) is 5.13 Å². The molecule has 0 saturated heterocycles. The van der Waals surface area contributed by atoms with E-state index in [4.69, 9.17) is 0 Å². The minimum absolute atomic E-state index is 0.792. The summed E-state index contributed by atoms with van der Waals surface area (Å²) >= 11 is 1.43. The Balaban J connectivity index is 1.66. The Bertz CT molecular complexity index is 682. The third kappa shape index (κ3) is 3.44. The Labute approximate surface area is 128 Å². The van der Waals surface area contributed by atoms with E-state index >= 15 is 0 Å². The number of anilines is 1. The Hall–Kier alpha value is -2.27. The molecule has 106 valence electrons. The van der Waals surface area contributed by atoms with Crippen LogP contribution in [0.5, 0.6) is 0 Å². The zero-order valence-electron chi connectivity index (χ0n) is 11.8. The summed E-state index contributed by atoms with van der Waals surface area (Å²) in [7, 11) is 2.04. The van der Waals surface area contributed by atoms with Crippen LogP contribution in [-0.4, -0.2) is 27.9 Å². The molecule has 0 saturated carbocycles. The van der Waals surface area contributed by atoms with Gasteiger partial charge in [-0.2, -0.15) is 9.36 Å². The SMILES string of the molecule is CN(CCc1ccccn1)c1nc(-c2ccccc2)ns1. The van der Waals surface area contributed by atoms with Crippen molar-refractivity contribution in [3.05, 3.63) is 60.4 Å². The molecule has 3 rings (SSSR count). The van der Waals surface area contributed by atoms with Gasteiger partial charge in [0, 0.05) is 49.0 Å². The van der Waals surface area contributed by atoms with Crippen molar-refractivity contribution in [2.45, 2.75) is 6.42 Å². The first-order chi connectivity index (χ1) is 10.3. The van der Waals surface area contributed by atoms with Crippen LogP contribution in [-0.2, 0) is 6.42 Å². The van der Waals surface area contributed by atoms with Crippen LogP contribution in [0.1, 0.15) is 5.69 Å². The molecule has 0 unspecified atom stereocenters. The third-order valence-electron chi connectivity index (χ3n) is 3.20. The Morgan fingerprint density at radius 3 is 2.62 bits per heavy atom. The van der Waals surface area contributed by atoms with Gasteiger partial charge in [0.15, 0.2) is 5.82 Å². The molecule has 5 heteroatoms. The Kier molecular flexibility index (Phi) is 4.21. The van der Waals surface area contributed by atoms with E-state index in [1.807, 2.05) is 61.8 Å². The highest BCUT2D eigenvalue weighted by Crippen LogP contribution is 2.22. The van der Waals surface area contributed by atoms with Crippen molar-refractivity contribution in [3.63, 3.8) is 0 Å². The zero-order valence-corrected chi connectivity index (χ0v) is 12.6. The van der Waals surface area contributed by atoms with Crippen LogP contribution in [0.25, 0.3) is 11.4 Å². The number of nitrogens with zero attached hydrogens (tertiary/aromatic N) is 4. The van der Waals surface area contributed by atoms with Gasteiger partial charge in [0.25, 0.3) is 0 Å². The van der Waals surface area contributed by atoms with Crippen molar-refractivity contribution in [2.24, 2.45) is 0 Å². The van der Waals surface area contributed by atoms with Gasteiger partial charge in [-0.05, 0) is 12.1 Å². The molecule has 0 aliphatic heterocycles. The first-order valence-corrected chi connectivity index (χ1v) is 7.60. The quantitative estimate of drug-likeness (QED) is 0.724. The predicted octanol–water partition coefficient (Wildman–Crippen LogP) is 3.28. The molecule has 0 bridgehead atoms. The number of pyridine rings is 1. The van der Waals surface area contributed by atoms with Crippen LogP contribution in [0.3, 0.4) is 0 Å². The topological polar surface area (TPSA) is 41.9 Å². The molecule has 0 amide bonds. The number of rotatable bonds is 5. The first kappa shape index (κ1) is 13.7. The maximum Gasteiger partial charge on any atom is 0.205 e. The largest absolute Gasteiger partial charge is 0.350 e. The molecular formula is C16H16N4S. The second-order valence-electron chi connectivity index (χ2n) is 4.76. The van der Waals surface area contributed by atoms with E-state index in [0.717, 1.165) is 35.2 Å².